The topological polar surface area (TPSA) is 158 Å². The average molecular weight is 510 g/mol. The SMILES string of the molecule is CN1CCCC1COc1nc(C(=O)O)c(N)c(N2CCN(C(=O)OCc3ccccc3)C(CC#N)C2)n1. The second-order valence-electron chi connectivity index (χ2n) is 9.18. The molecular formula is C25H31N7O5. The molecule has 0 radical (unpaired) electrons. The predicted octanol–water partition coefficient (Wildman–Crippen LogP) is 1.97. The van der Waals surface area contributed by atoms with Gasteiger partial charge in [0.1, 0.15) is 18.9 Å². The molecule has 1 amide bonds. The summed E-state index contributed by atoms with van der Waals surface area (Å²) < 4.78 is 11.3. The number of aromatic nitrogens is 2. The van der Waals surface area contributed by atoms with Gasteiger partial charge in [0, 0.05) is 25.7 Å². The number of hydrogen-bond acceptors (Lipinski definition) is 10. The third-order valence-electron chi connectivity index (χ3n) is 6.73. The van der Waals surface area contributed by atoms with Crippen molar-refractivity contribution in [2.24, 2.45) is 0 Å². The standard InChI is InChI=1S/C25H31N7O5/c1-30-11-5-8-19(30)16-36-24-28-21(23(33)34)20(27)22(29-24)31-12-13-32(18(14-31)9-10-26)25(35)37-15-17-6-3-2-4-7-17/h2-4,6-7,18-19H,5,8-9,11-16,27H2,1H3,(H,33,34). The number of nitrogen functional groups attached to an aromatic ring is 1. The molecular weight excluding hydrogens is 478 g/mol. The van der Waals surface area contributed by atoms with Crippen molar-refractivity contribution in [1.29, 1.82) is 5.26 Å². The van der Waals surface area contributed by atoms with Gasteiger partial charge in [0.2, 0.25) is 0 Å². The van der Waals surface area contributed by atoms with Gasteiger partial charge in [-0.1, -0.05) is 30.3 Å². The molecule has 0 saturated carbocycles. The number of carboxylic acid groups (broad SMARTS) is 1. The van der Waals surface area contributed by atoms with Crippen LogP contribution in [0.15, 0.2) is 30.3 Å². The Morgan fingerprint density at radius 2 is 1.97 bits per heavy atom. The Morgan fingerprint density at radius 3 is 2.65 bits per heavy atom. The fourth-order valence-electron chi connectivity index (χ4n) is 4.64. The van der Waals surface area contributed by atoms with Crippen LogP contribution < -0.4 is 15.4 Å². The maximum absolute atomic E-state index is 12.8. The van der Waals surface area contributed by atoms with Crippen LogP contribution in [0.2, 0.25) is 0 Å². The van der Waals surface area contributed by atoms with E-state index in [1.807, 2.05) is 37.4 Å². The lowest BCUT2D eigenvalue weighted by molar-refractivity contribution is 0.0689. The fraction of sp³-hybridized carbons (Fsp3) is 0.480. The molecule has 12 heteroatoms. The molecule has 0 spiro atoms. The summed E-state index contributed by atoms with van der Waals surface area (Å²) in [6.07, 6.45) is 1.58. The Labute approximate surface area is 215 Å². The number of carbonyl (C=O) groups excluding carboxylic acids is 1. The summed E-state index contributed by atoms with van der Waals surface area (Å²) in [4.78, 5) is 38.6. The Bertz CT molecular complexity index is 1160. The number of nitriles is 1. The molecule has 1 aromatic carbocycles. The van der Waals surface area contributed by atoms with E-state index in [4.69, 9.17) is 15.2 Å². The number of amides is 1. The Hall–Kier alpha value is -4.11. The predicted molar refractivity (Wildman–Crippen MR) is 134 cm³/mol. The molecule has 2 aliphatic rings. The quantitative estimate of drug-likeness (QED) is 0.536. The van der Waals surface area contributed by atoms with Crippen LogP contribution in [0.5, 0.6) is 6.01 Å². The van der Waals surface area contributed by atoms with Gasteiger partial charge in [0.05, 0.1) is 18.5 Å². The third kappa shape index (κ3) is 6.18. The second kappa shape index (κ2) is 11.7. The van der Waals surface area contributed by atoms with Crippen molar-refractivity contribution in [1.82, 2.24) is 19.8 Å². The van der Waals surface area contributed by atoms with Crippen molar-refractivity contribution in [3.63, 3.8) is 0 Å². The van der Waals surface area contributed by atoms with Crippen LogP contribution in [0.3, 0.4) is 0 Å². The molecule has 3 heterocycles. The highest BCUT2D eigenvalue weighted by Crippen LogP contribution is 2.29. The van der Waals surface area contributed by atoms with E-state index in [-0.39, 0.29) is 55.4 Å². The zero-order valence-corrected chi connectivity index (χ0v) is 20.7. The normalized spacial score (nSPS) is 19.9. The Kier molecular flexibility index (Phi) is 8.25. The smallest absolute Gasteiger partial charge is 0.410 e. The first-order chi connectivity index (χ1) is 17.9. The van der Waals surface area contributed by atoms with Crippen LogP contribution in [-0.4, -0.2) is 88.9 Å². The molecule has 2 atom stereocenters. The summed E-state index contributed by atoms with van der Waals surface area (Å²) in [5, 5.41) is 19.1. The number of carboxylic acids is 1. The first-order valence-corrected chi connectivity index (χ1v) is 12.2. The van der Waals surface area contributed by atoms with Gasteiger partial charge in [-0.25, -0.2) is 9.59 Å². The highest BCUT2D eigenvalue weighted by atomic mass is 16.6. The van der Waals surface area contributed by atoms with Gasteiger partial charge < -0.3 is 35.0 Å². The monoisotopic (exact) mass is 509 g/mol. The molecule has 0 aliphatic carbocycles. The van der Waals surface area contributed by atoms with E-state index in [1.165, 1.54) is 4.90 Å². The van der Waals surface area contributed by atoms with E-state index in [2.05, 4.69) is 20.9 Å². The number of rotatable bonds is 8. The van der Waals surface area contributed by atoms with Crippen LogP contribution in [0.25, 0.3) is 0 Å². The molecule has 2 unspecified atom stereocenters. The number of hydrogen-bond donors (Lipinski definition) is 2. The molecule has 2 fully saturated rings. The van der Waals surface area contributed by atoms with Gasteiger partial charge in [-0.2, -0.15) is 15.2 Å². The van der Waals surface area contributed by atoms with Crippen LogP contribution in [-0.2, 0) is 11.3 Å². The van der Waals surface area contributed by atoms with E-state index in [0.29, 0.717) is 13.2 Å². The lowest BCUT2D eigenvalue weighted by atomic mass is 10.1. The second-order valence-corrected chi connectivity index (χ2v) is 9.18. The van der Waals surface area contributed by atoms with E-state index >= 15 is 0 Å². The minimum absolute atomic E-state index is 0.0606. The molecule has 2 aliphatic heterocycles. The highest BCUT2D eigenvalue weighted by molar-refractivity contribution is 5.94. The van der Waals surface area contributed by atoms with Gasteiger partial charge in [-0.3, -0.25) is 0 Å². The molecule has 37 heavy (non-hydrogen) atoms. The van der Waals surface area contributed by atoms with Crippen molar-refractivity contribution < 1.29 is 24.2 Å². The largest absolute Gasteiger partial charge is 0.476 e. The van der Waals surface area contributed by atoms with E-state index in [1.54, 1.807) is 4.90 Å². The number of nitrogens with zero attached hydrogens (tertiary/aromatic N) is 6. The number of likely N-dealkylation sites (N-methyl/N-ethyl adjacent to an activating group) is 1. The fourth-order valence-corrected chi connectivity index (χ4v) is 4.64. The molecule has 2 aromatic rings. The third-order valence-corrected chi connectivity index (χ3v) is 6.73. The van der Waals surface area contributed by atoms with Crippen molar-refractivity contribution >= 4 is 23.6 Å². The van der Waals surface area contributed by atoms with Gasteiger partial charge in [0.25, 0.3) is 0 Å². The number of nitrogens with two attached hydrogens (primary N) is 1. The van der Waals surface area contributed by atoms with Crippen LogP contribution in [0.1, 0.15) is 35.3 Å². The van der Waals surface area contributed by atoms with Crippen molar-refractivity contribution in [3.05, 3.63) is 41.6 Å². The van der Waals surface area contributed by atoms with Crippen LogP contribution >= 0.6 is 0 Å². The number of ether oxygens (including phenoxy) is 2. The first kappa shape index (κ1) is 26.0. The zero-order chi connectivity index (χ0) is 26.4. The summed E-state index contributed by atoms with van der Waals surface area (Å²) in [7, 11) is 2.01. The van der Waals surface area contributed by atoms with Crippen molar-refractivity contribution in [2.75, 3.05) is 50.5 Å². The first-order valence-electron chi connectivity index (χ1n) is 12.2. The molecule has 12 nitrogen and oxygen atoms in total. The lowest BCUT2D eigenvalue weighted by Gasteiger charge is -2.40. The van der Waals surface area contributed by atoms with Gasteiger partial charge >= 0.3 is 18.1 Å². The van der Waals surface area contributed by atoms with Gasteiger partial charge in [0.15, 0.2) is 11.5 Å². The summed E-state index contributed by atoms with van der Waals surface area (Å²) in [5.74, 6) is -1.08. The van der Waals surface area contributed by atoms with E-state index in [0.717, 1.165) is 24.9 Å². The molecule has 0 bridgehead atoms. The number of aromatic carboxylic acids is 1. The van der Waals surface area contributed by atoms with Gasteiger partial charge in [-0.15, -0.1) is 0 Å². The molecule has 2 saturated heterocycles. The molecule has 196 valence electrons. The van der Waals surface area contributed by atoms with Crippen molar-refractivity contribution in [2.45, 2.75) is 38.0 Å². The van der Waals surface area contributed by atoms with Gasteiger partial charge in [-0.05, 0) is 32.0 Å². The molecule has 3 N–H and O–H groups in total. The summed E-state index contributed by atoms with van der Waals surface area (Å²) in [6.45, 7) is 2.20. The number of piperazine rings is 1. The Morgan fingerprint density at radius 1 is 1.19 bits per heavy atom. The van der Waals surface area contributed by atoms with Crippen LogP contribution in [0, 0.1) is 11.3 Å². The minimum atomic E-state index is -1.29. The minimum Gasteiger partial charge on any atom is -0.476 e. The maximum Gasteiger partial charge on any atom is 0.410 e. The number of anilines is 2. The van der Waals surface area contributed by atoms with Crippen molar-refractivity contribution in [3.8, 4) is 12.1 Å². The Balaban J connectivity index is 1.49. The highest BCUT2D eigenvalue weighted by Gasteiger charge is 2.34. The average Bonchev–Trinajstić information content (AvgIpc) is 3.31. The summed E-state index contributed by atoms with van der Waals surface area (Å²) >= 11 is 0. The van der Waals surface area contributed by atoms with E-state index < -0.39 is 18.1 Å². The maximum atomic E-state index is 12.8. The lowest BCUT2D eigenvalue weighted by Crippen LogP contribution is -2.55. The number of likely N-dealkylation sites (tertiary alicyclic amines) is 1. The molecule has 1 aromatic heterocycles. The molecule has 4 rings (SSSR count). The van der Waals surface area contributed by atoms with Crippen LogP contribution in [0.4, 0.5) is 16.3 Å². The zero-order valence-electron chi connectivity index (χ0n) is 20.7. The summed E-state index contributed by atoms with van der Waals surface area (Å²) in [5.41, 5.74) is 6.59. The van der Waals surface area contributed by atoms with E-state index in [9.17, 15) is 20.0 Å². The number of carbonyl (C=O) groups is 2. The summed E-state index contributed by atoms with van der Waals surface area (Å²) in [6, 6.07) is 11.1. The number of benzene rings is 1.